The van der Waals surface area contributed by atoms with Gasteiger partial charge in [0.15, 0.2) is 17.3 Å². The summed E-state index contributed by atoms with van der Waals surface area (Å²) in [5, 5.41) is 0.332. The SMILES string of the molecule is CC(=O)OCOc1cc2c(cc1F)C=C(C(=O)ON1C(=O)CCC1=O)C(=O)C2. The topological polar surface area (TPSA) is 116 Å². The van der Waals surface area contributed by atoms with Crippen molar-refractivity contribution >= 4 is 35.6 Å². The lowest BCUT2D eigenvalue weighted by atomic mass is 9.91. The maximum absolute atomic E-state index is 14.2. The third-order valence-electron chi connectivity index (χ3n) is 4.02. The molecule has 1 aliphatic carbocycles. The summed E-state index contributed by atoms with van der Waals surface area (Å²) in [6.07, 6.45) is 0.711. The second-order valence-electron chi connectivity index (χ2n) is 6.00. The third-order valence-corrected chi connectivity index (χ3v) is 4.02. The van der Waals surface area contributed by atoms with E-state index >= 15 is 0 Å². The molecule has 146 valence electrons. The van der Waals surface area contributed by atoms with E-state index in [4.69, 9.17) is 9.57 Å². The number of benzene rings is 1. The summed E-state index contributed by atoms with van der Waals surface area (Å²) in [7, 11) is 0. The Morgan fingerprint density at radius 2 is 1.82 bits per heavy atom. The Balaban J connectivity index is 1.79. The summed E-state index contributed by atoms with van der Waals surface area (Å²) in [5.74, 6) is -4.78. The molecule has 9 nitrogen and oxygen atoms in total. The van der Waals surface area contributed by atoms with E-state index in [1.54, 1.807) is 0 Å². The fourth-order valence-corrected chi connectivity index (χ4v) is 2.65. The molecule has 1 fully saturated rings. The van der Waals surface area contributed by atoms with Crippen LogP contribution in [0.3, 0.4) is 0 Å². The molecule has 28 heavy (non-hydrogen) atoms. The average molecular weight is 391 g/mol. The van der Waals surface area contributed by atoms with Gasteiger partial charge in [-0.15, -0.1) is 5.06 Å². The lowest BCUT2D eigenvalue weighted by Crippen LogP contribution is -2.34. The minimum Gasteiger partial charge on any atom is -0.454 e. The van der Waals surface area contributed by atoms with E-state index in [0.29, 0.717) is 10.6 Å². The van der Waals surface area contributed by atoms with Gasteiger partial charge in [-0.1, -0.05) is 0 Å². The van der Waals surface area contributed by atoms with Crippen molar-refractivity contribution in [2.75, 3.05) is 6.79 Å². The molecule has 0 bridgehead atoms. The van der Waals surface area contributed by atoms with E-state index in [2.05, 4.69) is 4.74 Å². The maximum Gasteiger partial charge on any atom is 0.367 e. The van der Waals surface area contributed by atoms with Crippen LogP contribution in [-0.2, 0) is 40.0 Å². The van der Waals surface area contributed by atoms with Gasteiger partial charge in [0.05, 0.1) is 0 Å². The largest absolute Gasteiger partial charge is 0.454 e. The number of amides is 2. The number of carbonyl (C=O) groups excluding carboxylic acids is 5. The van der Waals surface area contributed by atoms with Crippen LogP contribution in [0.1, 0.15) is 30.9 Å². The molecular formula is C18H14FNO8. The summed E-state index contributed by atoms with van der Waals surface area (Å²) in [4.78, 5) is 63.0. The van der Waals surface area contributed by atoms with Crippen molar-refractivity contribution in [3.63, 3.8) is 0 Å². The molecule has 0 atom stereocenters. The molecule has 2 aliphatic rings. The van der Waals surface area contributed by atoms with Crippen LogP contribution < -0.4 is 4.74 Å². The first-order chi connectivity index (χ1) is 13.3. The van der Waals surface area contributed by atoms with E-state index in [9.17, 15) is 28.4 Å². The monoisotopic (exact) mass is 391 g/mol. The molecule has 10 heteroatoms. The predicted octanol–water partition coefficient (Wildman–Crippen LogP) is 0.841. The van der Waals surface area contributed by atoms with Crippen molar-refractivity contribution in [3.05, 3.63) is 34.6 Å². The first-order valence-corrected chi connectivity index (χ1v) is 8.18. The fraction of sp³-hybridized carbons (Fsp3) is 0.278. The van der Waals surface area contributed by atoms with Gasteiger partial charge >= 0.3 is 11.9 Å². The minimum absolute atomic E-state index is 0.0801. The zero-order valence-corrected chi connectivity index (χ0v) is 14.7. The minimum atomic E-state index is -1.17. The molecule has 0 saturated carbocycles. The number of ketones is 1. The number of Topliss-reactive ketones (excluding diaryl/α,β-unsaturated/α-hetero) is 1. The van der Waals surface area contributed by atoms with Crippen LogP contribution in [0.15, 0.2) is 17.7 Å². The van der Waals surface area contributed by atoms with Gasteiger partial charge in [-0.3, -0.25) is 19.2 Å². The number of esters is 1. The highest BCUT2D eigenvalue weighted by atomic mass is 19.1. The van der Waals surface area contributed by atoms with Crippen molar-refractivity contribution in [1.82, 2.24) is 5.06 Å². The number of hydrogen-bond acceptors (Lipinski definition) is 8. The van der Waals surface area contributed by atoms with Gasteiger partial charge in [0.1, 0.15) is 5.57 Å². The number of nitrogens with zero attached hydrogens (tertiary/aromatic N) is 1. The number of ether oxygens (including phenoxy) is 2. The number of hydroxylamine groups is 2. The number of rotatable bonds is 5. The van der Waals surface area contributed by atoms with Crippen molar-refractivity contribution < 1.29 is 42.7 Å². The number of fused-ring (bicyclic) bond motifs is 1. The average Bonchev–Trinajstić information content (AvgIpc) is 2.93. The Morgan fingerprint density at radius 1 is 1.14 bits per heavy atom. The number of imide groups is 1. The number of halogens is 1. The van der Waals surface area contributed by atoms with Crippen LogP contribution in [0.5, 0.6) is 5.75 Å². The van der Waals surface area contributed by atoms with Gasteiger partial charge in [0.2, 0.25) is 6.79 Å². The van der Waals surface area contributed by atoms with Crippen LogP contribution in [0.25, 0.3) is 6.08 Å². The third kappa shape index (κ3) is 3.90. The quantitative estimate of drug-likeness (QED) is 0.314. The molecule has 1 aliphatic heterocycles. The summed E-state index contributed by atoms with van der Waals surface area (Å²) >= 11 is 0. The molecule has 1 aromatic rings. The van der Waals surface area contributed by atoms with E-state index in [-0.39, 0.29) is 30.6 Å². The maximum atomic E-state index is 14.2. The Labute approximate surface area is 157 Å². The molecule has 0 N–H and O–H groups in total. The van der Waals surface area contributed by atoms with Gasteiger partial charge in [0, 0.05) is 26.2 Å². The summed E-state index contributed by atoms with van der Waals surface area (Å²) in [5.41, 5.74) is 0.213. The van der Waals surface area contributed by atoms with Gasteiger partial charge in [0.25, 0.3) is 11.8 Å². The van der Waals surface area contributed by atoms with Crippen molar-refractivity contribution in [2.45, 2.75) is 26.2 Å². The van der Waals surface area contributed by atoms with E-state index in [1.807, 2.05) is 0 Å². The summed E-state index contributed by atoms with van der Waals surface area (Å²) in [6, 6.07) is 2.31. The molecular weight excluding hydrogens is 377 g/mol. The molecule has 1 aromatic carbocycles. The zero-order chi connectivity index (χ0) is 20.4. The fourth-order valence-electron chi connectivity index (χ4n) is 2.65. The molecule has 0 spiro atoms. The second-order valence-corrected chi connectivity index (χ2v) is 6.00. The lowest BCUT2D eigenvalue weighted by Gasteiger charge is -2.18. The van der Waals surface area contributed by atoms with Crippen LogP contribution in [0.2, 0.25) is 0 Å². The molecule has 0 radical (unpaired) electrons. The Morgan fingerprint density at radius 3 is 2.46 bits per heavy atom. The molecule has 0 unspecified atom stereocenters. The van der Waals surface area contributed by atoms with Gasteiger partial charge in [-0.2, -0.15) is 0 Å². The van der Waals surface area contributed by atoms with Gasteiger partial charge in [-0.25, -0.2) is 9.18 Å². The van der Waals surface area contributed by atoms with E-state index in [1.165, 1.54) is 13.0 Å². The van der Waals surface area contributed by atoms with Crippen molar-refractivity contribution in [1.29, 1.82) is 0 Å². The van der Waals surface area contributed by atoms with Crippen molar-refractivity contribution in [2.24, 2.45) is 0 Å². The van der Waals surface area contributed by atoms with Crippen LogP contribution >= 0.6 is 0 Å². The standard InChI is InChI=1S/C18H14FNO8/c1-9(21)26-8-27-15-7-11-6-14(22)12(4-10(11)5-13(15)19)18(25)28-20-16(23)2-3-17(20)24/h4-5,7H,2-3,6,8H2,1H3. The summed E-state index contributed by atoms with van der Waals surface area (Å²) < 4.78 is 23.7. The lowest BCUT2D eigenvalue weighted by molar-refractivity contribution is -0.194. The Bertz CT molecular complexity index is 920. The molecule has 2 amide bonds. The van der Waals surface area contributed by atoms with E-state index < -0.39 is 47.7 Å². The van der Waals surface area contributed by atoms with Crippen molar-refractivity contribution in [3.8, 4) is 5.75 Å². The van der Waals surface area contributed by atoms with E-state index in [0.717, 1.165) is 12.1 Å². The Hall–Kier alpha value is -3.56. The first-order valence-electron chi connectivity index (χ1n) is 8.18. The highest BCUT2D eigenvalue weighted by molar-refractivity contribution is 6.23. The predicted molar refractivity (Wildman–Crippen MR) is 87.5 cm³/mol. The first kappa shape index (κ1) is 19.2. The van der Waals surface area contributed by atoms with Crippen LogP contribution in [0.4, 0.5) is 4.39 Å². The zero-order valence-electron chi connectivity index (χ0n) is 14.7. The molecule has 3 rings (SSSR count). The van der Waals surface area contributed by atoms with Gasteiger partial charge < -0.3 is 14.3 Å². The molecule has 1 heterocycles. The highest BCUT2D eigenvalue weighted by Gasteiger charge is 2.35. The highest BCUT2D eigenvalue weighted by Crippen LogP contribution is 2.29. The van der Waals surface area contributed by atoms with Crippen LogP contribution in [0, 0.1) is 5.82 Å². The smallest absolute Gasteiger partial charge is 0.367 e. The molecule has 0 aromatic heterocycles. The number of hydrogen-bond donors (Lipinski definition) is 0. The molecule has 1 saturated heterocycles. The Kier molecular flexibility index (Phi) is 5.21. The normalized spacial score (nSPS) is 15.9. The second kappa shape index (κ2) is 7.59. The van der Waals surface area contributed by atoms with Crippen LogP contribution in [-0.4, -0.2) is 41.4 Å². The summed E-state index contributed by atoms with van der Waals surface area (Å²) in [6.45, 7) is 0.671. The van der Waals surface area contributed by atoms with Gasteiger partial charge in [-0.05, 0) is 29.3 Å². The number of carbonyl (C=O) groups is 5.